The number of rotatable bonds is 3. The van der Waals surface area contributed by atoms with Crippen LogP contribution < -0.4 is 0 Å². The molecule has 221 valence electrons. The molecule has 0 unspecified atom stereocenters. The fourth-order valence-electron chi connectivity index (χ4n) is 5.27. The number of pyridine rings is 1. The van der Waals surface area contributed by atoms with Crippen molar-refractivity contribution >= 4 is 48.2 Å². The van der Waals surface area contributed by atoms with E-state index in [-0.39, 0.29) is 37.1 Å². The van der Waals surface area contributed by atoms with Crippen molar-refractivity contribution in [3.8, 4) is 11.3 Å². The van der Waals surface area contributed by atoms with Crippen molar-refractivity contribution in [1.82, 2.24) is 4.98 Å². The number of aliphatic hydroxyl groups excluding tert-OH is 1. The molecule has 6 rings (SSSR count). The SMILES string of the molecule is CC(C)(C)C(=O)/C=C(\O)C(C)(C)C.[Ir].[c-]1cc(C2CCCC2)ccc1-c1nc2ccccc2c2c1sc1ccccc12. The molecular formula is C37H40IrNO2S-. The van der Waals surface area contributed by atoms with E-state index in [0.29, 0.717) is 0 Å². The predicted octanol–water partition coefficient (Wildman–Crippen LogP) is 10.8. The van der Waals surface area contributed by atoms with E-state index < -0.39 is 5.41 Å². The molecule has 1 fully saturated rings. The molecule has 5 aromatic rings. The van der Waals surface area contributed by atoms with Gasteiger partial charge in [0.15, 0.2) is 5.78 Å². The number of hydrogen-bond acceptors (Lipinski definition) is 4. The van der Waals surface area contributed by atoms with Crippen LogP contribution in [-0.2, 0) is 24.9 Å². The van der Waals surface area contributed by atoms with Crippen molar-refractivity contribution in [3.63, 3.8) is 0 Å². The number of nitrogens with zero attached hydrogens (tertiary/aromatic N) is 1. The average Bonchev–Trinajstić information content (AvgIpc) is 3.61. The van der Waals surface area contributed by atoms with Crippen LogP contribution in [-0.4, -0.2) is 15.9 Å². The van der Waals surface area contributed by atoms with Crippen molar-refractivity contribution in [2.45, 2.75) is 73.1 Å². The number of thiophene rings is 1. The first-order valence-electron chi connectivity index (χ1n) is 14.6. The normalized spacial score (nSPS) is 14.6. The van der Waals surface area contributed by atoms with Crippen molar-refractivity contribution in [1.29, 1.82) is 0 Å². The summed E-state index contributed by atoms with van der Waals surface area (Å²) in [4.78, 5) is 16.6. The molecule has 0 saturated heterocycles. The number of aromatic nitrogens is 1. The third kappa shape index (κ3) is 6.86. The smallest absolute Gasteiger partial charge is 0.164 e. The maximum Gasteiger partial charge on any atom is 0.164 e. The molecule has 0 aliphatic heterocycles. The number of hydrogen-bond donors (Lipinski definition) is 1. The minimum absolute atomic E-state index is 0. The van der Waals surface area contributed by atoms with Crippen molar-refractivity contribution < 1.29 is 30.0 Å². The van der Waals surface area contributed by atoms with E-state index >= 15 is 0 Å². The zero-order valence-corrected chi connectivity index (χ0v) is 28.6. The van der Waals surface area contributed by atoms with Crippen LogP contribution in [0.25, 0.3) is 42.3 Å². The first kappa shape index (κ1) is 32.1. The van der Waals surface area contributed by atoms with E-state index in [2.05, 4.69) is 72.8 Å². The average molecular weight is 755 g/mol. The molecule has 1 aliphatic rings. The summed E-state index contributed by atoms with van der Waals surface area (Å²) in [6, 6.07) is 27.5. The topological polar surface area (TPSA) is 50.2 Å². The van der Waals surface area contributed by atoms with Gasteiger partial charge in [-0.25, -0.2) is 0 Å². The maximum atomic E-state index is 11.5. The number of para-hydroxylation sites is 1. The van der Waals surface area contributed by atoms with Crippen molar-refractivity contribution in [2.24, 2.45) is 10.8 Å². The number of carbonyl (C=O) groups excluding carboxylic acids is 1. The first-order chi connectivity index (χ1) is 19.4. The summed E-state index contributed by atoms with van der Waals surface area (Å²) < 4.78 is 2.59. The summed E-state index contributed by atoms with van der Waals surface area (Å²) in [5, 5.41) is 13.4. The largest absolute Gasteiger partial charge is 0.512 e. The van der Waals surface area contributed by atoms with Gasteiger partial charge < -0.3 is 5.11 Å². The fourth-order valence-corrected chi connectivity index (χ4v) is 6.49. The minimum atomic E-state index is -0.417. The number of allylic oxidation sites excluding steroid dienone is 2. The second-order valence-electron chi connectivity index (χ2n) is 13.2. The Morgan fingerprint density at radius 2 is 1.55 bits per heavy atom. The van der Waals surface area contributed by atoms with E-state index in [1.54, 1.807) is 0 Å². The van der Waals surface area contributed by atoms with Crippen LogP contribution >= 0.6 is 11.3 Å². The minimum Gasteiger partial charge on any atom is -0.512 e. The van der Waals surface area contributed by atoms with Crippen LogP contribution in [0.5, 0.6) is 0 Å². The van der Waals surface area contributed by atoms with Gasteiger partial charge >= 0.3 is 0 Å². The molecule has 42 heavy (non-hydrogen) atoms. The van der Waals surface area contributed by atoms with E-state index in [0.717, 1.165) is 22.7 Å². The third-order valence-corrected chi connectivity index (χ3v) is 9.09. The van der Waals surface area contributed by atoms with Gasteiger partial charge in [-0.15, -0.1) is 46.7 Å². The fraction of sp³-hybridized carbons (Fsp3) is 0.351. The van der Waals surface area contributed by atoms with Crippen LogP contribution in [0.4, 0.5) is 0 Å². The molecule has 2 heterocycles. The Morgan fingerprint density at radius 3 is 2.17 bits per heavy atom. The monoisotopic (exact) mass is 755 g/mol. The van der Waals surface area contributed by atoms with Crippen LogP contribution in [0.1, 0.15) is 78.7 Å². The van der Waals surface area contributed by atoms with Crippen LogP contribution in [0, 0.1) is 16.9 Å². The van der Waals surface area contributed by atoms with Crippen molar-refractivity contribution in [3.05, 3.63) is 90.2 Å². The zero-order chi connectivity index (χ0) is 29.4. The Hall–Kier alpha value is -2.85. The summed E-state index contributed by atoms with van der Waals surface area (Å²) in [5.74, 6) is 0.826. The van der Waals surface area contributed by atoms with Gasteiger partial charge in [0.05, 0.1) is 5.52 Å². The van der Waals surface area contributed by atoms with Gasteiger partial charge in [-0.1, -0.05) is 110 Å². The molecule has 1 radical (unpaired) electrons. The second kappa shape index (κ2) is 12.8. The van der Waals surface area contributed by atoms with E-state index in [1.165, 1.54) is 62.9 Å². The molecule has 2 aromatic heterocycles. The number of fused-ring (bicyclic) bond motifs is 5. The Balaban J connectivity index is 0.000000249. The van der Waals surface area contributed by atoms with E-state index in [4.69, 9.17) is 4.98 Å². The maximum absolute atomic E-state index is 11.5. The summed E-state index contributed by atoms with van der Waals surface area (Å²) >= 11 is 1.84. The molecule has 3 nitrogen and oxygen atoms in total. The molecule has 1 N–H and O–H groups in total. The summed E-state index contributed by atoms with van der Waals surface area (Å²) in [7, 11) is 0. The van der Waals surface area contributed by atoms with Gasteiger partial charge in [-0.05, 0) is 12.1 Å². The van der Waals surface area contributed by atoms with Crippen LogP contribution in [0.15, 0.2) is 78.6 Å². The molecule has 5 heteroatoms. The number of carbonyl (C=O) groups is 1. The summed E-state index contributed by atoms with van der Waals surface area (Å²) in [6.07, 6.45) is 6.70. The Kier molecular flexibility index (Phi) is 9.77. The predicted molar refractivity (Wildman–Crippen MR) is 175 cm³/mol. The first-order valence-corrected chi connectivity index (χ1v) is 15.4. The molecular weight excluding hydrogens is 715 g/mol. The Labute approximate surface area is 267 Å². The quantitative estimate of drug-likeness (QED) is 0.113. The number of benzene rings is 3. The standard InChI is InChI=1S/C26H20NS.C11H20O2.Ir/c1-2-8-17(7-1)18-13-15-19(16-14-18)25-26-24(20-9-3-5-11-22(20)27-25)21-10-4-6-12-23(21)28-26;1-10(2,3)8(12)7-9(13)11(4,5)6;/h3-6,9-15,17H,1-2,7-8H2;7,12H,1-6H3;/q-1;;/b;8-7-;. The molecule has 0 amide bonds. The second-order valence-corrected chi connectivity index (χ2v) is 14.2. The van der Waals surface area contributed by atoms with Crippen molar-refractivity contribution in [2.75, 3.05) is 0 Å². The zero-order valence-electron chi connectivity index (χ0n) is 25.4. The molecule has 0 atom stereocenters. The molecule has 0 bridgehead atoms. The van der Waals surface area contributed by atoms with Gasteiger partial charge in [0.25, 0.3) is 0 Å². The Bertz CT molecular complexity index is 1730. The van der Waals surface area contributed by atoms with Gasteiger partial charge in [0.2, 0.25) is 0 Å². The van der Waals surface area contributed by atoms with Gasteiger partial charge in [-0.3, -0.25) is 9.78 Å². The van der Waals surface area contributed by atoms with Gasteiger partial charge in [0.1, 0.15) is 5.76 Å². The van der Waals surface area contributed by atoms with Crippen LogP contribution in [0.3, 0.4) is 0 Å². The Morgan fingerprint density at radius 1 is 0.905 bits per heavy atom. The van der Waals surface area contributed by atoms with Crippen LogP contribution in [0.2, 0.25) is 0 Å². The van der Waals surface area contributed by atoms with E-state index in [1.807, 2.05) is 52.9 Å². The number of ketones is 1. The molecule has 1 aliphatic carbocycles. The molecule has 1 saturated carbocycles. The summed E-state index contributed by atoms with van der Waals surface area (Å²) in [6.45, 7) is 11.1. The summed E-state index contributed by atoms with van der Waals surface area (Å²) in [5.41, 5.74) is 3.90. The van der Waals surface area contributed by atoms with E-state index in [9.17, 15) is 9.90 Å². The van der Waals surface area contributed by atoms with Gasteiger partial charge in [-0.2, -0.15) is 0 Å². The molecule has 3 aromatic carbocycles. The third-order valence-electron chi connectivity index (χ3n) is 7.91. The van der Waals surface area contributed by atoms with Gasteiger partial charge in [0, 0.05) is 68.3 Å². The number of aliphatic hydroxyl groups is 1. The molecule has 0 spiro atoms.